The lowest BCUT2D eigenvalue weighted by molar-refractivity contribution is -0.141. The number of carbonyl (C=O) groups excluding carboxylic acids is 4. The van der Waals surface area contributed by atoms with Crippen molar-refractivity contribution in [2.75, 3.05) is 11.9 Å². The zero-order valence-electron chi connectivity index (χ0n) is 20.3. The average molecular weight is 667 g/mol. The van der Waals surface area contributed by atoms with E-state index in [1.807, 2.05) is 22.6 Å². The minimum Gasteiger partial charge on any atom is -0.481 e. The molecule has 0 aromatic heterocycles. The van der Waals surface area contributed by atoms with Gasteiger partial charge in [-0.2, -0.15) is 8.78 Å². The molecule has 39 heavy (non-hydrogen) atoms. The fraction of sp³-hybridized carbons (Fsp3) is 0.292. The molecule has 2 rings (SSSR count). The monoisotopic (exact) mass is 667 g/mol. The zero-order valence-corrected chi connectivity index (χ0v) is 22.5. The normalized spacial score (nSPS) is 12.3. The van der Waals surface area contributed by atoms with Crippen molar-refractivity contribution in [1.29, 1.82) is 0 Å². The van der Waals surface area contributed by atoms with Crippen LogP contribution in [-0.4, -0.2) is 53.3 Å². The molecule has 2 atom stereocenters. The molecule has 0 bridgehead atoms. The summed E-state index contributed by atoms with van der Waals surface area (Å²) in [5.41, 5.74) is 0.335. The number of amides is 3. The van der Waals surface area contributed by atoms with E-state index in [1.165, 1.54) is 13.8 Å². The smallest absolute Gasteiger partial charge is 0.313 e. The lowest BCUT2D eigenvalue weighted by atomic mass is 10.0. The quantitative estimate of drug-likeness (QED) is 0.125. The van der Waals surface area contributed by atoms with Gasteiger partial charge in [0.05, 0.1) is 12.1 Å². The number of ketones is 1. The van der Waals surface area contributed by atoms with Crippen molar-refractivity contribution in [3.05, 3.63) is 57.2 Å². The van der Waals surface area contributed by atoms with Gasteiger partial charge in [-0.25, -0.2) is 8.78 Å². The predicted octanol–water partition coefficient (Wildman–Crippen LogP) is 2.53. The molecule has 10 nitrogen and oxygen atoms in total. The number of nitrogens with one attached hydrogen (secondary N) is 3. The predicted molar refractivity (Wildman–Crippen MR) is 136 cm³/mol. The highest BCUT2D eigenvalue weighted by molar-refractivity contribution is 14.1. The molecule has 210 valence electrons. The first-order valence-electron chi connectivity index (χ1n) is 11.1. The van der Waals surface area contributed by atoms with Crippen LogP contribution in [0.1, 0.15) is 20.3 Å². The maximum absolute atomic E-state index is 13.8. The third kappa shape index (κ3) is 8.62. The fourth-order valence-electron chi connectivity index (χ4n) is 3.09. The minimum atomic E-state index is -1.92. The summed E-state index contributed by atoms with van der Waals surface area (Å²) in [5, 5.41) is 15.8. The molecule has 2 aromatic carbocycles. The van der Waals surface area contributed by atoms with E-state index in [1.54, 1.807) is 24.3 Å². The molecule has 0 aliphatic carbocycles. The number of para-hydroxylation sites is 1. The summed E-state index contributed by atoms with van der Waals surface area (Å²) in [6.07, 6.45) is -1.01. The third-order valence-electron chi connectivity index (χ3n) is 5.08. The van der Waals surface area contributed by atoms with E-state index in [4.69, 9.17) is 5.11 Å². The molecule has 0 spiro atoms. The number of halogens is 5. The number of Topliss-reactive ketones (excluding diaryl/α,β-unsaturated/α-hetero) is 1. The van der Waals surface area contributed by atoms with Crippen LogP contribution in [0.15, 0.2) is 30.3 Å². The Kier molecular flexibility index (Phi) is 11.2. The van der Waals surface area contributed by atoms with Gasteiger partial charge < -0.3 is 25.8 Å². The summed E-state index contributed by atoms with van der Waals surface area (Å²) < 4.78 is 59.5. The highest BCUT2D eigenvalue weighted by atomic mass is 127. The van der Waals surface area contributed by atoms with Crippen LogP contribution in [0.5, 0.6) is 5.75 Å². The van der Waals surface area contributed by atoms with Crippen molar-refractivity contribution in [1.82, 2.24) is 10.6 Å². The topological polar surface area (TPSA) is 151 Å². The Labute approximate surface area is 232 Å². The third-order valence-corrected chi connectivity index (χ3v) is 6.02. The van der Waals surface area contributed by atoms with Gasteiger partial charge in [0.2, 0.25) is 17.5 Å². The van der Waals surface area contributed by atoms with Gasteiger partial charge in [-0.05, 0) is 40.6 Å². The molecule has 15 heteroatoms. The average Bonchev–Trinajstić information content (AvgIpc) is 2.86. The first-order chi connectivity index (χ1) is 18.2. The number of hydrogen-bond acceptors (Lipinski definition) is 6. The summed E-state index contributed by atoms with van der Waals surface area (Å²) in [6.45, 7) is 1.71. The van der Waals surface area contributed by atoms with E-state index in [-0.39, 0.29) is 6.07 Å². The number of carbonyl (C=O) groups is 5. The van der Waals surface area contributed by atoms with E-state index >= 15 is 0 Å². The highest BCUT2D eigenvalue weighted by Crippen LogP contribution is 2.26. The van der Waals surface area contributed by atoms with Crippen LogP contribution in [0.4, 0.5) is 23.2 Å². The van der Waals surface area contributed by atoms with Gasteiger partial charge in [0.15, 0.2) is 23.2 Å². The van der Waals surface area contributed by atoms with E-state index in [0.29, 0.717) is 9.26 Å². The maximum atomic E-state index is 13.8. The molecule has 0 saturated carbocycles. The largest absolute Gasteiger partial charge is 0.481 e. The van der Waals surface area contributed by atoms with Crippen LogP contribution in [0.2, 0.25) is 0 Å². The molecule has 0 aliphatic rings. The Morgan fingerprint density at radius 3 is 2.08 bits per heavy atom. The number of aliphatic carboxylic acids is 1. The molecular weight excluding hydrogens is 645 g/mol. The van der Waals surface area contributed by atoms with E-state index in [9.17, 15) is 41.5 Å². The summed E-state index contributed by atoms with van der Waals surface area (Å²) in [6, 6.07) is 3.22. The highest BCUT2D eigenvalue weighted by Gasteiger charge is 2.32. The number of hydrogen-bond donors (Lipinski definition) is 4. The SMILES string of the molecule is CC(C)[C@H](NC(=O)C(=O)Nc1ccccc1I)C(=O)N[C@@H](CC(=O)O)C(=O)COc1c(F)c(F)cc(F)c1F. The standard InChI is InChI=1S/C24H22F4IN3O7/c1-10(2)20(32-24(38)23(37)30-14-6-4-3-5-13(14)29)22(36)31-15(8-17(34)35)16(33)9-39-21-18(27)11(25)7-12(26)19(21)28/h3-7,10,15,20H,8-9H2,1-2H3,(H,30,37)(H,31,36)(H,32,38)(H,34,35)/t15-,20-/m0/s1. The Morgan fingerprint density at radius 1 is 0.949 bits per heavy atom. The molecule has 0 heterocycles. The van der Waals surface area contributed by atoms with Gasteiger partial charge in [-0.15, -0.1) is 0 Å². The van der Waals surface area contributed by atoms with Gasteiger partial charge in [-0.3, -0.25) is 24.0 Å². The van der Waals surface area contributed by atoms with E-state index < -0.39 is 89.5 Å². The molecule has 0 saturated heterocycles. The molecule has 2 aromatic rings. The van der Waals surface area contributed by atoms with Gasteiger partial charge >= 0.3 is 17.8 Å². The summed E-state index contributed by atoms with van der Waals surface area (Å²) in [7, 11) is 0. The van der Waals surface area contributed by atoms with E-state index in [0.717, 1.165) is 0 Å². The van der Waals surface area contributed by atoms with Crippen molar-refractivity contribution >= 4 is 57.8 Å². The van der Waals surface area contributed by atoms with Crippen LogP contribution in [0.25, 0.3) is 0 Å². The van der Waals surface area contributed by atoms with Gasteiger partial charge in [0, 0.05) is 9.64 Å². The molecule has 4 N–H and O–H groups in total. The Bertz CT molecular complexity index is 1270. The molecular formula is C24H22F4IN3O7. The number of rotatable bonds is 11. The Balaban J connectivity index is 2.13. The lowest BCUT2D eigenvalue weighted by Crippen LogP contribution is -2.56. The molecule has 3 amide bonds. The molecule has 0 fully saturated rings. The Morgan fingerprint density at radius 2 is 1.54 bits per heavy atom. The van der Waals surface area contributed by atoms with Crippen LogP contribution in [0.3, 0.4) is 0 Å². The van der Waals surface area contributed by atoms with Crippen LogP contribution in [-0.2, 0) is 24.0 Å². The second-order valence-electron chi connectivity index (χ2n) is 8.34. The molecule has 0 aliphatic heterocycles. The fourth-order valence-corrected chi connectivity index (χ4v) is 3.61. The van der Waals surface area contributed by atoms with Crippen LogP contribution in [0, 0.1) is 32.8 Å². The first-order valence-corrected chi connectivity index (χ1v) is 12.2. The van der Waals surface area contributed by atoms with Crippen molar-refractivity contribution in [2.45, 2.75) is 32.4 Å². The number of carboxylic acids is 1. The van der Waals surface area contributed by atoms with Gasteiger partial charge in [0.25, 0.3) is 0 Å². The van der Waals surface area contributed by atoms with Crippen molar-refractivity contribution in [2.24, 2.45) is 5.92 Å². The van der Waals surface area contributed by atoms with Crippen molar-refractivity contribution < 1.29 is 51.4 Å². The maximum Gasteiger partial charge on any atom is 0.313 e. The summed E-state index contributed by atoms with van der Waals surface area (Å²) in [4.78, 5) is 61.4. The zero-order chi connectivity index (χ0) is 29.4. The molecule has 0 unspecified atom stereocenters. The van der Waals surface area contributed by atoms with Crippen molar-refractivity contribution in [3.63, 3.8) is 0 Å². The van der Waals surface area contributed by atoms with Crippen LogP contribution < -0.4 is 20.7 Å². The van der Waals surface area contributed by atoms with Gasteiger partial charge in [0.1, 0.15) is 18.7 Å². The number of anilines is 1. The van der Waals surface area contributed by atoms with E-state index in [2.05, 4.69) is 20.7 Å². The summed E-state index contributed by atoms with van der Waals surface area (Å²) in [5.74, 6) is -15.8. The number of benzene rings is 2. The minimum absolute atomic E-state index is 0.0753. The second kappa shape index (κ2) is 13.9. The number of ether oxygens (including phenoxy) is 1. The number of carboxylic acid groups (broad SMARTS) is 1. The Hall–Kier alpha value is -3.76. The molecule has 0 radical (unpaired) electrons. The lowest BCUT2D eigenvalue weighted by Gasteiger charge is -2.24. The first kappa shape index (κ1) is 31.5. The van der Waals surface area contributed by atoms with Gasteiger partial charge in [-0.1, -0.05) is 26.0 Å². The summed E-state index contributed by atoms with van der Waals surface area (Å²) >= 11 is 1.93. The van der Waals surface area contributed by atoms with Crippen LogP contribution >= 0.6 is 22.6 Å². The second-order valence-corrected chi connectivity index (χ2v) is 9.50. The van der Waals surface area contributed by atoms with Crippen molar-refractivity contribution in [3.8, 4) is 5.75 Å².